The van der Waals surface area contributed by atoms with Gasteiger partial charge in [0.15, 0.2) is 0 Å². The second kappa shape index (κ2) is 9.25. The summed E-state index contributed by atoms with van der Waals surface area (Å²) in [4.78, 5) is 23.3. The molecule has 122 valence electrons. The highest BCUT2D eigenvalue weighted by Crippen LogP contribution is 2.16. The van der Waals surface area contributed by atoms with Gasteiger partial charge in [0.2, 0.25) is 5.91 Å². The van der Waals surface area contributed by atoms with Crippen molar-refractivity contribution in [2.24, 2.45) is 0 Å². The molecule has 0 saturated heterocycles. The van der Waals surface area contributed by atoms with Crippen LogP contribution in [0, 0.1) is 0 Å². The molecule has 6 nitrogen and oxygen atoms in total. The van der Waals surface area contributed by atoms with Crippen LogP contribution < -0.4 is 16.0 Å². The van der Waals surface area contributed by atoms with Crippen molar-refractivity contribution in [3.63, 3.8) is 0 Å². The Morgan fingerprint density at radius 3 is 2.55 bits per heavy atom. The van der Waals surface area contributed by atoms with E-state index < -0.39 is 6.03 Å². The summed E-state index contributed by atoms with van der Waals surface area (Å²) in [5.41, 5.74) is 0. The van der Waals surface area contributed by atoms with Crippen molar-refractivity contribution in [3.05, 3.63) is 24.2 Å². The number of furan rings is 1. The fourth-order valence-corrected chi connectivity index (χ4v) is 2.69. The highest BCUT2D eigenvalue weighted by Gasteiger charge is 2.13. The summed E-state index contributed by atoms with van der Waals surface area (Å²) < 4.78 is 5.10. The van der Waals surface area contributed by atoms with Crippen LogP contribution in [0.2, 0.25) is 0 Å². The first kappa shape index (κ1) is 16.5. The summed E-state index contributed by atoms with van der Waals surface area (Å²) in [6, 6.07) is 3.40. The van der Waals surface area contributed by atoms with Gasteiger partial charge in [-0.1, -0.05) is 32.1 Å². The van der Waals surface area contributed by atoms with Crippen molar-refractivity contribution in [3.8, 4) is 0 Å². The first-order chi connectivity index (χ1) is 10.7. The van der Waals surface area contributed by atoms with E-state index in [1.165, 1.54) is 32.1 Å². The minimum Gasteiger partial charge on any atom is -0.467 e. The summed E-state index contributed by atoms with van der Waals surface area (Å²) in [7, 11) is 0. The molecule has 3 amide bonds. The molecule has 22 heavy (non-hydrogen) atoms. The van der Waals surface area contributed by atoms with Crippen molar-refractivity contribution in [2.45, 2.75) is 57.5 Å². The monoisotopic (exact) mass is 307 g/mol. The second-order valence-electron chi connectivity index (χ2n) is 5.73. The molecule has 0 atom stereocenters. The highest BCUT2D eigenvalue weighted by molar-refractivity contribution is 5.95. The fourth-order valence-electron chi connectivity index (χ4n) is 2.69. The van der Waals surface area contributed by atoms with E-state index in [9.17, 15) is 9.59 Å². The number of rotatable bonds is 5. The molecule has 6 heteroatoms. The minimum absolute atomic E-state index is 0.179. The number of imide groups is 1. The summed E-state index contributed by atoms with van der Waals surface area (Å²) >= 11 is 0. The number of carbonyl (C=O) groups excluding carboxylic acids is 2. The van der Waals surface area contributed by atoms with Crippen LogP contribution in [0.1, 0.15) is 50.7 Å². The molecule has 0 unspecified atom stereocenters. The van der Waals surface area contributed by atoms with E-state index in [0.29, 0.717) is 11.8 Å². The van der Waals surface area contributed by atoms with Gasteiger partial charge in [-0.2, -0.15) is 0 Å². The fraction of sp³-hybridized carbons (Fsp3) is 0.625. The average Bonchev–Trinajstić information content (AvgIpc) is 2.97. The zero-order valence-corrected chi connectivity index (χ0v) is 12.9. The van der Waals surface area contributed by atoms with Crippen molar-refractivity contribution in [1.29, 1.82) is 0 Å². The maximum atomic E-state index is 11.8. The molecule has 1 aromatic heterocycles. The van der Waals surface area contributed by atoms with Crippen LogP contribution in [0.25, 0.3) is 0 Å². The van der Waals surface area contributed by atoms with E-state index in [-0.39, 0.29) is 19.0 Å². The van der Waals surface area contributed by atoms with Crippen molar-refractivity contribution >= 4 is 11.9 Å². The van der Waals surface area contributed by atoms with Gasteiger partial charge in [0.25, 0.3) is 0 Å². The maximum Gasteiger partial charge on any atom is 0.321 e. The van der Waals surface area contributed by atoms with Gasteiger partial charge in [0.1, 0.15) is 5.76 Å². The molecule has 0 radical (unpaired) electrons. The largest absolute Gasteiger partial charge is 0.467 e. The van der Waals surface area contributed by atoms with Crippen LogP contribution in [0.15, 0.2) is 22.8 Å². The second-order valence-corrected chi connectivity index (χ2v) is 5.73. The molecule has 1 saturated carbocycles. The van der Waals surface area contributed by atoms with E-state index in [1.54, 1.807) is 18.4 Å². The molecule has 3 N–H and O–H groups in total. The van der Waals surface area contributed by atoms with E-state index >= 15 is 0 Å². The number of hydrogen-bond acceptors (Lipinski definition) is 4. The van der Waals surface area contributed by atoms with Crippen LogP contribution in [-0.4, -0.2) is 24.5 Å². The molecule has 0 spiro atoms. The van der Waals surface area contributed by atoms with Gasteiger partial charge >= 0.3 is 6.03 Å². The molecule has 1 fully saturated rings. The lowest BCUT2D eigenvalue weighted by atomic mass is 9.97. The number of nitrogens with one attached hydrogen (secondary N) is 3. The Hall–Kier alpha value is -1.82. The Labute approximate surface area is 131 Å². The van der Waals surface area contributed by atoms with Gasteiger partial charge in [-0.3, -0.25) is 10.1 Å². The average molecular weight is 307 g/mol. The van der Waals surface area contributed by atoms with E-state index in [2.05, 4.69) is 16.0 Å². The van der Waals surface area contributed by atoms with Crippen LogP contribution in [-0.2, 0) is 11.3 Å². The Morgan fingerprint density at radius 1 is 1.14 bits per heavy atom. The summed E-state index contributed by atoms with van der Waals surface area (Å²) in [5, 5.41) is 8.15. The number of hydrogen-bond donors (Lipinski definition) is 3. The Morgan fingerprint density at radius 2 is 1.86 bits per heavy atom. The van der Waals surface area contributed by atoms with E-state index in [0.717, 1.165) is 12.8 Å². The third-order valence-electron chi connectivity index (χ3n) is 3.91. The van der Waals surface area contributed by atoms with Crippen molar-refractivity contribution in [2.75, 3.05) is 6.54 Å². The van der Waals surface area contributed by atoms with Crippen LogP contribution >= 0.6 is 0 Å². The van der Waals surface area contributed by atoms with E-state index in [4.69, 9.17) is 4.42 Å². The number of urea groups is 1. The summed E-state index contributed by atoms with van der Waals surface area (Å²) in [6.45, 7) is 0.445. The van der Waals surface area contributed by atoms with Crippen molar-refractivity contribution in [1.82, 2.24) is 16.0 Å². The lowest BCUT2D eigenvalue weighted by Gasteiger charge is -2.20. The van der Waals surface area contributed by atoms with Gasteiger partial charge in [-0.25, -0.2) is 4.79 Å². The van der Waals surface area contributed by atoms with Gasteiger partial charge in [-0.15, -0.1) is 0 Å². The zero-order chi connectivity index (χ0) is 15.6. The number of amides is 3. The Kier molecular flexibility index (Phi) is 6.96. The minimum atomic E-state index is -0.499. The Balaban J connectivity index is 1.60. The first-order valence-corrected chi connectivity index (χ1v) is 8.07. The standard InChI is InChI=1S/C16H25N3O3/c20-15(12-17-13-7-4-2-1-3-5-8-13)19-16(21)18-11-14-9-6-10-22-14/h6,9-10,13,17H,1-5,7-8,11-12H2,(H2,18,19,20,21). The number of carbonyl (C=O) groups is 2. The first-order valence-electron chi connectivity index (χ1n) is 8.07. The topological polar surface area (TPSA) is 83.4 Å². The third kappa shape index (κ3) is 6.30. The molecular formula is C16H25N3O3. The SMILES string of the molecule is O=C(CNC1CCCCCCC1)NC(=O)NCc1ccco1. The van der Waals surface area contributed by atoms with Gasteiger partial charge < -0.3 is 15.1 Å². The lowest BCUT2D eigenvalue weighted by Crippen LogP contribution is -2.45. The molecule has 0 bridgehead atoms. The normalized spacial score (nSPS) is 16.5. The molecule has 1 aliphatic rings. The lowest BCUT2D eigenvalue weighted by molar-refractivity contribution is -0.119. The van der Waals surface area contributed by atoms with Crippen LogP contribution in [0.3, 0.4) is 0 Å². The quantitative estimate of drug-likeness (QED) is 0.779. The highest BCUT2D eigenvalue weighted by atomic mass is 16.3. The molecular weight excluding hydrogens is 282 g/mol. The molecule has 0 aliphatic heterocycles. The molecule has 1 aromatic rings. The van der Waals surface area contributed by atoms with Gasteiger partial charge in [0, 0.05) is 6.04 Å². The summed E-state index contributed by atoms with van der Waals surface area (Å²) in [5.74, 6) is 0.342. The maximum absolute atomic E-state index is 11.8. The van der Waals surface area contributed by atoms with Gasteiger partial charge in [-0.05, 0) is 25.0 Å². The predicted octanol–water partition coefficient (Wildman–Crippen LogP) is 2.31. The molecule has 1 aliphatic carbocycles. The van der Waals surface area contributed by atoms with E-state index in [1.807, 2.05) is 0 Å². The van der Waals surface area contributed by atoms with Crippen molar-refractivity contribution < 1.29 is 14.0 Å². The van der Waals surface area contributed by atoms with Crippen LogP contribution in [0.4, 0.5) is 4.79 Å². The smallest absolute Gasteiger partial charge is 0.321 e. The Bertz CT molecular complexity index is 451. The van der Waals surface area contributed by atoms with Crippen LogP contribution in [0.5, 0.6) is 0 Å². The molecule has 1 heterocycles. The van der Waals surface area contributed by atoms with Gasteiger partial charge in [0.05, 0.1) is 19.4 Å². The molecule has 0 aromatic carbocycles. The molecule has 2 rings (SSSR count). The summed E-state index contributed by atoms with van der Waals surface area (Å²) in [6.07, 6.45) is 10.1. The third-order valence-corrected chi connectivity index (χ3v) is 3.91. The predicted molar refractivity (Wildman–Crippen MR) is 83.2 cm³/mol. The zero-order valence-electron chi connectivity index (χ0n) is 12.9.